The van der Waals surface area contributed by atoms with Crippen molar-refractivity contribution in [1.29, 1.82) is 0 Å². The van der Waals surface area contributed by atoms with Crippen molar-refractivity contribution in [2.24, 2.45) is 17.8 Å². The van der Waals surface area contributed by atoms with Crippen LogP contribution in [0.4, 0.5) is 0 Å². The third kappa shape index (κ3) is 4.19. The van der Waals surface area contributed by atoms with Gasteiger partial charge in [0.05, 0.1) is 11.2 Å². The van der Waals surface area contributed by atoms with Crippen LogP contribution in [-0.2, 0) is 14.8 Å². The largest absolute Gasteiger partial charge is 0.481 e. The lowest BCUT2D eigenvalue weighted by Gasteiger charge is -2.30. The van der Waals surface area contributed by atoms with Crippen LogP contribution in [0.3, 0.4) is 0 Å². The van der Waals surface area contributed by atoms with E-state index >= 15 is 0 Å². The predicted molar refractivity (Wildman–Crippen MR) is 78.9 cm³/mol. The lowest BCUT2D eigenvalue weighted by Crippen LogP contribution is -2.45. The molecule has 2 unspecified atom stereocenters. The van der Waals surface area contributed by atoms with Gasteiger partial charge in [-0.3, -0.25) is 4.79 Å². The molecular weight excluding hydrogens is 278 g/mol. The molecule has 0 radical (unpaired) electrons. The molecule has 118 valence electrons. The maximum Gasteiger partial charge on any atom is 0.307 e. The van der Waals surface area contributed by atoms with E-state index < -0.39 is 27.2 Å². The number of hydrogen-bond acceptors (Lipinski definition) is 3. The van der Waals surface area contributed by atoms with Crippen molar-refractivity contribution in [3.05, 3.63) is 0 Å². The smallest absolute Gasteiger partial charge is 0.307 e. The highest BCUT2D eigenvalue weighted by molar-refractivity contribution is 7.89. The highest BCUT2D eigenvalue weighted by Gasteiger charge is 2.44. The Morgan fingerprint density at radius 2 is 1.65 bits per heavy atom. The highest BCUT2D eigenvalue weighted by Crippen LogP contribution is 2.33. The molecule has 0 aromatic heterocycles. The summed E-state index contributed by atoms with van der Waals surface area (Å²) >= 11 is 0. The Hall–Kier alpha value is -0.620. The van der Waals surface area contributed by atoms with Crippen LogP contribution in [0.5, 0.6) is 0 Å². The lowest BCUT2D eigenvalue weighted by atomic mass is 10.1. The van der Waals surface area contributed by atoms with E-state index in [-0.39, 0.29) is 11.8 Å². The van der Waals surface area contributed by atoms with Gasteiger partial charge in [-0.15, -0.1) is 0 Å². The molecule has 6 heteroatoms. The van der Waals surface area contributed by atoms with Crippen molar-refractivity contribution in [3.63, 3.8) is 0 Å². The number of carboxylic acids is 1. The predicted octanol–water partition coefficient (Wildman–Crippen LogP) is 2.18. The summed E-state index contributed by atoms with van der Waals surface area (Å²) in [5.41, 5.74) is 0. The Balaban J connectivity index is 2.99. The average Bonchev–Trinajstić information content (AvgIpc) is 2.76. The minimum atomic E-state index is -3.53. The lowest BCUT2D eigenvalue weighted by molar-refractivity contribution is -0.141. The van der Waals surface area contributed by atoms with Crippen LogP contribution in [0, 0.1) is 17.8 Å². The van der Waals surface area contributed by atoms with Crippen molar-refractivity contribution < 1.29 is 18.3 Å². The molecule has 1 N–H and O–H groups in total. The maximum atomic E-state index is 12.8. The first kappa shape index (κ1) is 17.4. The van der Waals surface area contributed by atoms with Crippen molar-refractivity contribution >= 4 is 16.0 Å². The second kappa shape index (κ2) is 6.89. The van der Waals surface area contributed by atoms with Crippen LogP contribution < -0.4 is 0 Å². The summed E-state index contributed by atoms with van der Waals surface area (Å²) in [6.07, 6.45) is 1.61. The van der Waals surface area contributed by atoms with E-state index in [2.05, 4.69) is 0 Å². The van der Waals surface area contributed by atoms with Crippen molar-refractivity contribution in [1.82, 2.24) is 4.31 Å². The first-order valence-corrected chi connectivity index (χ1v) is 8.88. The molecule has 1 saturated carbocycles. The van der Waals surface area contributed by atoms with Gasteiger partial charge in [0.25, 0.3) is 0 Å². The van der Waals surface area contributed by atoms with Gasteiger partial charge in [-0.2, -0.15) is 0 Å². The molecule has 0 aromatic carbocycles. The van der Waals surface area contributed by atoms with Gasteiger partial charge in [0.2, 0.25) is 10.0 Å². The third-order valence-corrected chi connectivity index (χ3v) is 6.00. The van der Waals surface area contributed by atoms with Gasteiger partial charge in [0.15, 0.2) is 0 Å². The average molecular weight is 305 g/mol. The fourth-order valence-corrected chi connectivity index (χ4v) is 5.38. The topological polar surface area (TPSA) is 74.7 Å². The van der Waals surface area contributed by atoms with Crippen LogP contribution in [0.1, 0.15) is 47.0 Å². The maximum absolute atomic E-state index is 12.8. The third-order valence-electron chi connectivity index (χ3n) is 3.65. The molecule has 0 bridgehead atoms. The van der Waals surface area contributed by atoms with Crippen LogP contribution in [0.25, 0.3) is 0 Å². The minimum Gasteiger partial charge on any atom is -0.481 e. The Kier molecular flexibility index (Phi) is 6.01. The van der Waals surface area contributed by atoms with Crippen molar-refractivity contribution in [2.75, 3.05) is 13.1 Å². The molecule has 1 rings (SSSR count). The van der Waals surface area contributed by atoms with Gasteiger partial charge in [-0.05, 0) is 24.7 Å². The molecule has 1 aliphatic carbocycles. The number of nitrogens with zero attached hydrogens (tertiary/aromatic N) is 1. The molecule has 0 amide bonds. The number of carboxylic acid groups (broad SMARTS) is 1. The van der Waals surface area contributed by atoms with Crippen LogP contribution in [0.2, 0.25) is 0 Å². The number of rotatable bonds is 7. The van der Waals surface area contributed by atoms with Crippen LogP contribution in [0.15, 0.2) is 0 Å². The molecule has 5 nitrogen and oxygen atoms in total. The molecule has 0 heterocycles. The van der Waals surface area contributed by atoms with E-state index in [1.165, 1.54) is 4.31 Å². The van der Waals surface area contributed by atoms with E-state index in [1.54, 1.807) is 0 Å². The standard InChI is InChI=1S/C14H27NO4S/c1-10(2)8-15(9-11(3)4)20(18,19)13-7-5-6-12(13)14(16)17/h10-13H,5-9H2,1-4H3,(H,16,17). The normalized spacial score (nSPS) is 23.9. The summed E-state index contributed by atoms with van der Waals surface area (Å²) in [4.78, 5) is 11.2. The fraction of sp³-hybridized carbons (Fsp3) is 0.929. The Morgan fingerprint density at radius 3 is 2.05 bits per heavy atom. The molecule has 0 aromatic rings. The van der Waals surface area contributed by atoms with E-state index in [1.807, 2.05) is 27.7 Å². The number of sulfonamides is 1. The Morgan fingerprint density at radius 1 is 1.15 bits per heavy atom. The van der Waals surface area contributed by atoms with Gasteiger partial charge in [-0.1, -0.05) is 34.1 Å². The molecule has 0 aliphatic heterocycles. The summed E-state index contributed by atoms with van der Waals surface area (Å²) in [6, 6.07) is 0. The van der Waals surface area contributed by atoms with Crippen molar-refractivity contribution in [2.45, 2.75) is 52.2 Å². The molecular formula is C14H27NO4S. The van der Waals surface area contributed by atoms with Crippen LogP contribution in [-0.4, -0.2) is 42.1 Å². The minimum absolute atomic E-state index is 0.230. The molecule has 0 saturated heterocycles. The molecule has 1 fully saturated rings. The van der Waals surface area contributed by atoms with E-state index in [0.29, 0.717) is 32.4 Å². The summed E-state index contributed by atoms with van der Waals surface area (Å²) in [6.45, 7) is 8.84. The summed E-state index contributed by atoms with van der Waals surface area (Å²) in [7, 11) is -3.53. The Bertz CT molecular complexity index is 420. The van der Waals surface area contributed by atoms with Gasteiger partial charge in [-0.25, -0.2) is 12.7 Å². The molecule has 20 heavy (non-hydrogen) atoms. The quantitative estimate of drug-likeness (QED) is 0.782. The number of hydrogen-bond donors (Lipinski definition) is 1. The first-order valence-electron chi connectivity index (χ1n) is 7.38. The SMILES string of the molecule is CC(C)CN(CC(C)C)S(=O)(=O)C1CCCC1C(=O)O. The van der Waals surface area contributed by atoms with Gasteiger partial charge >= 0.3 is 5.97 Å². The number of carbonyl (C=O) groups is 1. The monoisotopic (exact) mass is 305 g/mol. The second-order valence-corrected chi connectivity index (χ2v) is 8.72. The zero-order valence-corrected chi connectivity index (χ0v) is 13.7. The second-order valence-electron chi connectivity index (χ2n) is 6.56. The zero-order chi connectivity index (χ0) is 15.5. The highest BCUT2D eigenvalue weighted by atomic mass is 32.2. The van der Waals surface area contributed by atoms with Crippen LogP contribution >= 0.6 is 0 Å². The fourth-order valence-electron chi connectivity index (χ4n) is 2.85. The summed E-state index contributed by atoms with van der Waals surface area (Å²) < 4.78 is 27.1. The zero-order valence-electron chi connectivity index (χ0n) is 12.9. The van der Waals surface area contributed by atoms with E-state index in [4.69, 9.17) is 0 Å². The van der Waals surface area contributed by atoms with E-state index in [0.717, 1.165) is 0 Å². The summed E-state index contributed by atoms with van der Waals surface area (Å²) in [5, 5.41) is 8.46. The first-order chi connectivity index (χ1) is 9.16. The van der Waals surface area contributed by atoms with Crippen molar-refractivity contribution in [3.8, 4) is 0 Å². The van der Waals surface area contributed by atoms with E-state index in [9.17, 15) is 18.3 Å². The molecule has 2 atom stereocenters. The Labute approximate surface area is 122 Å². The summed E-state index contributed by atoms with van der Waals surface area (Å²) in [5.74, 6) is -1.27. The van der Waals surface area contributed by atoms with Gasteiger partial charge in [0, 0.05) is 13.1 Å². The van der Waals surface area contributed by atoms with Gasteiger partial charge < -0.3 is 5.11 Å². The number of aliphatic carboxylic acids is 1. The van der Waals surface area contributed by atoms with Gasteiger partial charge in [0.1, 0.15) is 0 Å². The molecule has 1 aliphatic rings. The molecule has 0 spiro atoms.